The molecule has 0 fully saturated rings. The molecule has 106 valence electrons. The largest absolute Gasteiger partial charge is 0.523 e. The first-order chi connectivity index (χ1) is 8.14. The van der Waals surface area contributed by atoms with Crippen molar-refractivity contribution in [3.8, 4) is 0 Å². The van der Waals surface area contributed by atoms with Gasteiger partial charge >= 0.3 is 15.6 Å². The predicted molar refractivity (Wildman–Crippen MR) is 51.7 cm³/mol. The Labute approximate surface area is 100 Å². The summed E-state index contributed by atoms with van der Waals surface area (Å²) in [4.78, 5) is 2.35. The van der Waals surface area contributed by atoms with E-state index < -0.39 is 34.6 Å². The highest BCUT2D eigenvalue weighted by atomic mass is 32.2. The van der Waals surface area contributed by atoms with Crippen molar-refractivity contribution in [2.24, 2.45) is 5.11 Å². The van der Waals surface area contributed by atoms with Crippen LogP contribution >= 0.6 is 0 Å². The Morgan fingerprint density at radius 2 is 1.78 bits per heavy atom. The maximum Gasteiger partial charge on any atom is 0.523 e. The summed E-state index contributed by atoms with van der Waals surface area (Å²) in [5, 5.41) is 3.02. The minimum Gasteiger partial charge on any atom is -0.351 e. The van der Waals surface area contributed by atoms with Gasteiger partial charge in [0, 0.05) is 19.1 Å². The number of rotatable bonds is 7. The van der Waals surface area contributed by atoms with Gasteiger partial charge in [-0.05, 0) is 5.53 Å². The Bertz CT molecular complexity index is 413. The molecule has 0 aliphatic heterocycles. The van der Waals surface area contributed by atoms with Gasteiger partial charge in [0.05, 0.1) is 6.54 Å². The molecule has 0 bridgehead atoms. The van der Waals surface area contributed by atoms with Crippen molar-refractivity contribution < 1.29 is 35.2 Å². The normalized spacial score (nSPS) is 13.2. The van der Waals surface area contributed by atoms with Crippen molar-refractivity contribution in [3.63, 3.8) is 0 Å². The second kappa shape index (κ2) is 6.20. The molecule has 0 aliphatic carbocycles. The van der Waals surface area contributed by atoms with Gasteiger partial charge in [0.1, 0.15) is 6.61 Å². The average Bonchev–Trinajstić information content (AvgIpc) is 2.29. The fourth-order valence-electron chi connectivity index (χ4n) is 0.749. The fourth-order valence-corrected chi connectivity index (χ4v) is 1.22. The zero-order valence-corrected chi connectivity index (χ0v) is 10.2. The molecule has 0 spiro atoms. The number of azide groups is 1. The molecule has 0 rings (SSSR count). The van der Waals surface area contributed by atoms with Gasteiger partial charge in [0.2, 0.25) is 0 Å². The Kier molecular flexibility index (Phi) is 5.83. The highest BCUT2D eigenvalue weighted by Gasteiger charge is 2.48. The monoisotopic (exact) mass is 293 g/mol. The molecule has 18 heavy (non-hydrogen) atoms. The number of nitrogens with zero attached hydrogens (tertiary/aromatic N) is 3. The van der Waals surface area contributed by atoms with Gasteiger partial charge in [0.15, 0.2) is 5.79 Å². The first-order valence-electron chi connectivity index (χ1n) is 4.21. The van der Waals surface area contributed by atoms with Crippen molar-refractivity contribution in [1.82, 2.24) is 0 Å². The molecule has 0 aromatic rings. The topological polar surface area (TPSA) is 111 Å². The van der Waals surface area contributed by atoms with Crippen molar-refractivity contribution in [2.75, 3.05) is 27.4 Å². The Morgan fingerprint density at radius 1 is 1.28 bits per heavy atom. The average molecular weight is 293 g/mol. The van der Waals surface area contributed by atoms with Crippen LogP contribution in [0.5, 0.6) is 0 Å². The Hall–Kier alpha value is -1.07. The molecule has 0 atom stereocenters. The number of hydrogen-bond donors (Lipinski definition) is 0. The summed E-state index contributed by atoms with van der Waals surface area (Å²) in [5.74, 6) is -1.91. The van der Waals surface area contributed by atoms with E-state index in [9.17, 15) is 21.6 Å². The molecular weight excluding hydrogens is 283 g/mol. The van der Waals surface area contributed by atoms with E-state index in [4.69, 9.17) is 5.53 Å². The summed E-state index contributed by atoms with van der Waals surface area (Å²) >= 11 is 0. The lowest BCUT2D eigenvalue weighted by molar-refractivity contribution is -0.215. The van der Waals surface area contributed by atoms with Crippen LogP contribution in [0.25, 0.3) is 10.4 Å². The standard InChI is InChI=1S/C6H10F3N3O5S/c1-15-5(16-2,3-11-12-10)4-17-18(13,14)6(7,8)9/h3-4H2,1-2H3. The predicted octanol–water partition coefficient (Wildman–Crippen LogP) is 1.15. The zero-order chi connectivity index (χ0) is 14.4. The third-order valence-corrected chi connectivity index (χ3v) is 2.83. The third kappa shape index (κ3) is 4.31. The molecule has 0 unspecified atom stereocenters. The van der Waals surface area contributed by atoms with Crippen LogP contribution in [-0.4, -0.2) is 47.1 Å². The van der Waals surface area contributed by atoms with Crippen LogP contribution in [0.4, 0.5) is 13.2 Å². The first kappa shape index (κ1) is 16.9. The quantitative estimate of drug-likeness (QED) is 0.174. The molecule has 0 heterocycles. The third-order valence-electron chi connectivity index (χ3n) is 1.84. The summed E-state index contributed by atoms with van der Waals surface area (Å²) in [5.41, 5.74) is 2.53. The molecule has 0 saturated heterocycles. The highest BCUT2D eigenvalue weighted by Crippen LogP contribution is 2.26. The molecule has 8 nitrogen and oxygen atoms in total. The van der Waals surface area contributed by atoms with Crippen molar-refractivity contribution in [3.05, 3.63) is 10.4 Å². The Morgan fingerprint density at radius 3 is 2.11 bits per heavy atom. The molecule has 0 aromatic heterocycles. The van der Waals surface area contributed by atoms with E-state index in [0.717, 1.165) is 14.2 Å². The highest BCUT2D eigenvalue weighted by molar-refractivity contribution is 7.87. The lowest BCUT2D eigenvalue weighted by Crippen LogP contribution is -2.44. The summed E-state index contributed by atoms with van der Waals surface area (Å²) in [6.45, 7) is -1.68. The molecule has 0 saturated carbocycles. The van der Waals surface area contributed by atoms with Gasteiger partial charge in [-0.3, -0.25) is 4.18 Å². The minimum atomic E-state index is -5.77. The van der Waals surface area contributed by atoms with Gasteiger partial charge in [-0.2, -0.15) is 21.6 Å². The van der Waals surface area contributed by atoms with Crippen LogP contribution in [0.2, 0.25) is 0 Å². The van der Waals surface area contributed by atoms with E-state index in [1.807, 2.05) is 0 Å². The smallest absolute Gasteiger partial charge is 0.351 e. The van der Waals surface area contributed by atoms with Gasteiger partial charge in [-0.1, -0.05) is 5.11 Å². The molecule has 0 radical (unpaired) electrons. The molecule has 12 heteroatoms. The lowest BCUT2D eigenvalue weighted by Gasteiger charge is -2.28. The minimum absolute atomic E-state index is 0.566. The number of ether oxygens (including phenoxy) is 2. The lowest BCUT2D eigenvalue weighted by atomic mass is 10.3. The van der Waals surface area contributed by atoms with Gasteiger partial charge in [-0.15, -0.1) is 0 Å². The van der Waals surface area contributed by atoms with Gasteiger partial charge < -0.3 is 9.47 Å². The van der Waals surface area contributed by atoms with E-state index in [2.05, 4.69) is 23.7 Å². The summed E-state index contributed by atoms with van der Waals surface area (Å²) in [6.07, 6.45) is 0. The summed E-state index contributed by atoms with van der Waals surface area (Å²) in [7, 11) is -3.72. The number of halogens is 3. The zero-order valence-electron chi connectivity index (χ0n) is 9.34. The van der Waals surface area contributed by atoms with Crippen LogP contribution in [0.1, 0.15) is 0 Å². The van der Waals surface area contributed by atoms with E-state index in [-0.39, 0.29) is 0 Å². The van der Waals surface area contributed by atoms with Crippen LogP contribution in [0.3, 0.4) is 0 Å². The van der Waals surface area contributed by atoms with Crippen LogP contribution in [0.15, 0.2) is 5.11 Å². The molecular formula is C6H10F3N3O5S. The second-order valence-electron chi connectivity index (χ2n) is 2.87. The van der Waals surface area contributed by atoms with E-state index in [1.54, 1.807) is 0 Å². The number of alkyl halides is 3. The summed E-state index contributed by atoms with van der Waals surface area (Å²) in [6, 6.07) is 0. The maximum absolute atomic E-state index is 12.0. The SMILES string of the molecule is COC(CN=[N+]=[N-])(COS(=O)(=O)C(F)(F)F)OC. The van der Waals surface area contributed by atoms with Crippen molar-refractivity contribution in [2.45, 2.75) is 11.3 Å². The van der Waals surface area contributed by atoms with E-state index in [0.29, 0.717) is 0 Å². The number of methoxy groups -OCH3 is 2. The van der Waals surface area contributed by atoms with Crippen LogP contribution in [-0.2, 0) is 23.8 Å². The number of hydrogen-bond acceptors (Lipinski definition) is 6. The van der Waals surface area contributed by atoms with Gasteiger partial charge in [-0.25, -0.2) is 0 Å². The molecule has 0 N–H and O–H groups in total. The van der Waals surface area contributed by atoms with E-state index >= 15 is 0 Å². The fraction of sp³-hybridized carbons (Fsp3) is 1.00. The first-order valence-corrected chi connectivity index (χ1v) is 5.62. The van der Waals surface area contributed by atoms with Crippen molar-refractivity contribution in [1.29, 1.82) is 0 Å². The summed E-state index contributed by atoms with van der Waals surface area (Å²) < 4.78 is 70.3. The maximum atomic E-state index is 12.0. The van der Waals surface area contributed by atoms with Crippen LogP contribution in [0, 0.1) is 0 Å². The molecule has 0 aromatic carbocycles. The molecule has 0 aliphatic rings. The van der Waals surface area contributed by atoms with Gasteiger partial charge in [0.25, 0.3) is 0 Å². The van der Waals surface area contributed by atoms with E-state index in [1.165, 1.54) is 0 Å². The Balaban J connectivity index is 4.88. The van der Waals surface area contributed by atoms with Crippen molar-refractivity contribution >= 4 is 10.1 Å². The molecule has 0 amide bonds. The van der Waals surface area contributed by atoms with Crippen LogP contribution < -0.4 is 0 Å². The second-order valence-corrected chi connectivity index (χ2v) is 4.48.